The number of benzene rings is 1. The molecule has 5 heteroatoms. The Balaban J connectivity index is 1.48. The van der Waals surface area contributed by atoms with Crippen LogP contribution in [0.2, 0.25) is 0 Å². The fraction of sp³-hybridized carbons (Fsp3) is 0.536. The third-order valence-electron chi connectivity index (χ3n) is 8.03. The summed E-state index contributed by atoms with van der Waals surface area (Å²) in [5.41, 5.74) is 4.61. The summed E-state index contributed by atoms with van der Waals surface area (Å²) in [6.45, 7) is 7.63. The molecule has 0 unspecified atom stereocenters. The van der Waals surface area contributed by atoms with E-state index >= 15 is 0 Å². The van der Waals surface area contributed by atoms with Gasteiger partial charge < -0.3 is 9.47 Å². The SMILES string of the molecule is CC(C)N(C)Cc1cc(F)ccc1-n1cc([C@H]2CC[C@@H](N3CCCC3)CC2)c2ccncc21. The van der Waals surface area contributed by atoms with Crippen LogP contribution in [0, 0.1) is 5.82 Å². The van der Waals surface area contributed by atoms with E-state index in [2.05, 4.69) is 52.5 Å². The topological polar surface area (TPSA) is 24.3 Å². The molecule has 0 bridgehead atoms. The summed E-state index contributed by atoms with van der Waals surface area (Å²) in [6, 6.07) is 8.53. The number of likely N-dealkylation sites (tertiary alicyclic amines) is 1. The van der Waals surface area contributed by atoms with Gasteiger partial charge in [0.15, 0.2) is 0 Å². The molecule has 3 heterocycles. The Morgan fingerprint density at radius 3 is 2.58 bits per heavy atom. The number of hydrogen-bond acceptors (Lipinski definition) is 3. The predicted octanol–water partition coefficient (Wildman–Crippen LogP) is 6.13. The lowest BCUT2D eigenvalue weighted by atomic mass is 9.81. The molecule has 2 aliphatic rings. The minimum Gasteiger partial charge on any atom is -0.314 e. The van der Waals surface area contributed by atoms with Crippen LogP contribution < -0.4 is 0 Å². The van der Waals surface area contributed by atoms with Crippen molar-refractivity contribution >= 4 is 10.9 Å². The van der Waals surface area contributed by atoms with Crippen molar-refractivity contribution < 1.29 is 4.39 Å². The fourth-order valence-electron chi connectivity index (χ4n) is 5.85. The van der Waals surface area contributed by atoms with Crippen LogP contribution in [0.15, 0.2) is 42.9 Å². The highest BCUT2D eigenvalue weighted by atomic mass is 19.1. The second-order valence-corrected chi connectivity index (χ2v) is 10.4. The Labute approximate surface area is 197 Å². The summed E-state index contributed by atoms with van der Waals surface area (Å²) in [5, 5.41) is 1.29. The van der Waals surface area contributed by atoms with Gasteiger partial charge in [-0.15, -0.1) is 0 Å². The maximum atomic E-state index is 14.2. The quantitative estimate of drug-likeness (QED) is 0.454. The Morgan fingerprint density at radius 2 is 1.85 bits per heavy atom. The zero-order valence-corrected chi connectivity index (χ0v) is 20.3. The smallest absolute Gasteiger partial charge is 0.123 e. The highest BCUT2D eigenvalue weighted by molar-refractivity contribution is 5.85. The van der Waals surface area contributed by atoms with Crippen LogP contribution in [0.3, 0.4) is 0 Å². The lowest BCUT2D eigenvalue weighted by Gasteiger charge is -2.34. The van der Waals surface area contributed by atoms with Gasteiger partial charge in [0.05, 0.1) is 17.4 Å². The molecule has 1 saturated carbocycles. The van der Waals surface area contributed by atoms with Gasteiger partial charge in [0, 0.05) is 36.4 Å². The molecule has 1 saturated heterocycles. The van der Waals surface area contributed by atoms with E-state index in [0.717, 1.165) is 22.8 Å². The minimum absolute atomic E-state index is 0.180. The van der Waals surface area contributed by atoms with E-state index in [0.29, 0.717) is 18.5 Å². The largest absolute Gasteiger partial charge is 0.314 e. The Kier molecular flexibility index (Phi) is 6.53. The number of hydrogen-bond donors (Lipinski definition) is 0. The van der Waals surface area contributed by atoms with Crippen LogP contribution >= 0.6 is 0 Å². The number of nitrogens with zero attached hydrogens (tertiary/aromatic N) is 4. The van der Waals surface area contributed by atoms with E-state index in [1.54, 1.807) is 12.1 Å². The van der Waals surface area contributed by atoms with Gasteiger partial charge in [0.25, 0.3) is 0 Å². The molecule has 2 aromatic heterocycles. The third-order valence-corrected chi connectivity index (χ3v) is 8.03. The van der Waals surface area contributed by atoms with E-state index in [9.17, 15) is 4.39 Å². The van der Waals surface area contributed by atoms with Gasteiger partial charge in [0.1, 0.15) is 5.82 Å². The standard InChI is InChI=1S/C28H37FN4/c1-20(2)31(3)18-22-16-23(29)8-11-27(22)33-19-26(25-12-13-30-17-28(25)33)21-6-9-24(10-7-21)32-14-4-5-15-32/h8,11-13,16-17,19-21,24H,4-7,9-10,14-15,18H2,1-3H3/t21-,24+. The van der Waals surface area contributed by atoms with E-state index in [1.165, 1.54) is 62.6 Å². The number of aromatic nitrogens is 2. The fourth-order valence-corrected chi connectivity index (χ4v) is 5.85. The third kappa shape index (κ3) is 4.58. The van der Waals surface area contributed by atoms with Gasteiger partial charge in [-0.2, -0.15) is 0 Å². The molecule has 176 valence electrons. The average molecular weight is 449 g/mol. The second-order valence-electron chi connectivity index (χ2n) is 10.4. The van der Waals surface area contributed by atoms with Gasteiger partial charge in [-0.05, 0) is 114 Å². The van der Waals surface area contributed by atoms with Crippen molar-refractivity contribution in [1.82, 2.24) is 19.4 Å². The van der Waals surface area contributed by atoms with E-state index < -0.39 is 0 Å². The first-order valence-corrected chi connectivity index (χ1v) is 12.7. The number of rotatable bonds is 6. The molecule has 33 heavy (non-hydrogen) atoms. The molecule has 1 aliphatic carbocycles. The molecule has 2 fully saturated rings. The van der Waals surface area contributed by atoms with Crippen molar-refractivity contribution in [2.24, 2.45) is 0 Å². The first kappa shape index (κ1) is 22.5. The molecule has 4 nitrogen and oxygen atoms in total. The minimum atomic E-state index is -0.180. The molecule has 0 amide bonds. The summed E-state index contributed by atoms with van der Waals surface area (Å²) in [5.74, 6) is 0.401. The molecule has 0 radical (unpaired) electrons. The van der Waals surface area contributed by atoms with E-state index in [-0.39, 0.29) is 5.82 Å². The molecule has 0 N–H and O–H groups in total. The maximum Gasteiger partial charge on any atom is 0.123 e. The van der Waals surface area contributed by atoms with Crippen molar-refractivity contribution in [3.05, 3.63) is 59.8 Å². The maximum absolute atomic E-state index is 14.2. The monoisotopic (exact) mass is 448 g/mol. The zero-order valence-electron chi connectivity index (χ0n) is 20.3. The van der Waals surface area contributed by atoms with Crippen molar-refractivity contribution in [2.45, 2.75) is 76.9 Å². The van der Waals surface area contributed by atoms with Crippen LogP contribution in [0.25, 0.3) is 16.6 Å². The normalized spacial score (nSPS) is 22.1. The van der Waals surface area contributed by atoms with Crippen molar-refractivity contribution in [1.29, 1.82) is 0 Å². The van der Waals surface area contributed by atoms with Crippen LogP contribution in [0.4, 0.5) is 4.39 Å². The highest BCUT2D eigenvalue weighted by Crippen LogP contribution is 2.40. The molecule has 1 aromatic carbocycles. The van der Waals surface area contributed by atoms with Gasteiger partial charge >= 0.3 is 0 Å². The van der Waals surface area contributed by atoms with Gasteiger partial charge in [-0.3, -0.25) is 9.88 Å². The molecular formula is C28H37FN4. The molecule has 5 rings (SSSR count). The lowest BCUT2D eigenvalue weighted by Crippen LogP contribution is -2.35. The van der Waals surface area contributed by atoms with Crippen molar-refractivity contribution in [3.63, 3.8) is 0 Å². The second kappa shape index (κ2) is 9.55. The number of fused-ring (bicyclic) bond motifs is 1. The van der Waals surface area contributed by atoms with Gasteiger partial charge in [-0.1, -0.05) is 0 Å². The van der Waals surface area contributed by atoms with Crippen molar-refractivity contribution in [2.75, 3.05) is 20.1 Å². The van der Waals surface area contributed by atoms with Crippen LogP contribution in [0.5, 0.6) is 0 Å². The number of pyridine rings is 1. The zero-order chi connectivity index (χ0) is 22.9. The van der Waals surface area contributed by atoms with E-state index in [1.807, 2.05) is 18.5 Å². The van der Waals surface area contributed by atoms with Crippen LogP contribution in [-0.2, 0) is 6.54 Å². The summed E-state index contributed by atoms with van der Waals surface area (Å²) in [4.78, 5) is 9.42. The van der Waals surface area contributed by atoms with Crippen LogP contribution in [0.1, 0.15) is 69.4 Å². The summed E-state index contributed by atoms with van der Waals surface area (Å²) >= 11 is 0. The summed E-state index contributed by atoms with van der Waals surface area (Å²) in [6.07, 6.45) is 14.0. The van der Waals surface area contributed by atoms with Crippen LogP contribution in [-0.4, -0.2) is 51.6 Å². The predicted molar refractivity (Wildman–Crippen MR) is 133 cm³/mol. The molecule has 0 atom stereocenters. The molecule has 1 aliphatic heterocycles. The Morgan fingerprint density at radius 1 is 1.09 bits per heavy atom. The first-order valence-electron chi connectivity index (χ1n) is 12.7. The molecule has 0 spiro atoms. The number of halogens is 1. The van der Waals surface area contributed by atoms with Gasteiger partial charge in [-0.25, -0.2) is 4.39 Å². The lowest BCUT2D eigenvalue weighted by molar-refractivity contribution is 0.182. The van der Waals surface area contributed by atoms with Gasteiger partial charge in [0.2, 0.25) is 0 Å². The first-order chi connectivity index (χ1) is 16.0. The highest BCUT2D eigenvalue weighted by Gasteiger charge is 2.29. The van der Waals surface area contributed by atoms with Crippen molar-refractivity contribution in [3.8, 4) is 5.69 Å². The molecular weight excluding hydrogens is 411 g/mol. The molecule has 3 aromatic rings. The average Bonchev–Trinajstić information content (AvgIpc) is 3.48. The summed E-state index contributed by atoms with van der Waals surface area (Å²) < 4.78 is 16.5. The summed E-state index contributed by atoms with van der Waals surface area (Å²) in [7, 11) is 2.10. The van der Waals surface area contributed by atoms with E-state index in [4.69, 9.17) is 0 Å². The Bertz CT molecular complexity index is 1090. The Hall–Kier alpha value is -2.24.